The molecule has 1 N–H and O–H groups in total. The lowest BCUT2D eigenvalue weighted by Gasteiger charge is -2.35. The predicted octanol–water partition coefficient (Wildman–Crippen LogP) is -0.720. The summed E-state index contributed by atoms with van der Waals surface area (Å²) < 4.78 is 0. The minimum atomic E-state index is -0.576. The van der Waals surface area contributed by atoms with Gasteiger partial charge in [-0.1, -0.05) is 0 Å². The average molecular weight is 260 g/mol. The molecule has 0 aromatic carbocycles. The van der Waals surface area contributed by atoms with Gasteiger partial charge in [-0.15, -0.1) is 0 Å². The van der Waals surface area contributed by atoms with E-state index < -0.39 is 11.9 Å². The molecule has 98 valence electrons. The van der Waals surface area contributed by atoms with Crippen LogP contribution in [-0.4, -0.2) is 45.2 Å². The molecule has 0 spiro atoms. The lowest BCUT2D eigenvalue weighted by atomic mass is 9.99. The van der Waals surface area contributed by atoms with Crippen molar-refractivity contribution in [3.63, 3.8) is 0 Å². The molecule has 19 heavy (non-hydrogen) atoms. The van der Waals surface area contributed by atoms with Crippen molar-refractivity contribution in [3.8, 4) is 0 Å². The standard InChI is InChI=1S/C12H12N4O3/c17-9-2-1-8(11(18)15-9)16-4-3-7-5-13-6-14-10(7)12(16)19/h5-6,8H,1-4H2,(H,15,17,18). The maximum Gasteiger partial charge on any atom is 0.273 e. The molecule has 3 rings (SSSR count). The first kappa shape index (κ1) is 11.8. The van der Waals surface area contributed by atoms with Crippen LogP contribution in [0.25, 0.3) is 0 Å². The van der Waals surface area contributed by atoms with Crippen molar-refractivity contribution < 1.29 is 14.4 Å². The largest absolute Gasteiger partial charge is 0.325 e. The van der Waals surface area contributed by atoms with Gasteiger partial charge in [-0.3, -0.25) is 19.7 Å². The van der Waals surface area contributed by atoms with Gasteiger partial charge in [0.05, 0.1) is 0 Å². The quantitative estimate of drug-likeness (QED) is 0.673. The maximum atomic E-state index is 12.3. The third kappa shape index (κ3) is 1.96. The molecule has 7 heteroatoms. The van der Waals surface area contributed by atoms with Gasteiger partial charge in [0.25, 0.3) is 5.91 Å². The number of nitrogens with zero attached hydrogens (tertiary/aromatic N) is 3. The van der Waals surface area contributed by atoms with Gasteiger partial charge < -0.3 is 4.90 Å². The third-order valence-corrected chi connectivity index (χ3v) is 3.46. The second-order valence-corrected chi connectivity index (χ2v) is 4.61. The molecule has 1 saturated heterocycles. The number of rotatable bonds is 1. The van der Waals surface area contributed by atoms with E-state index in [9.17, 15) is 14.4 Å². The van der Waals surface area contributed by atoms with E-state index in [4.69, 9.17) is 0 Å². The lowest BCUT2D eigenvalue weighted by molar-refractivity contribution is -0.136. The summed E-state index contributed by atoms with van der Waals surface area (Å²) in [7, 11) is 0. The molecule has 1 atom stereocenters. The van der Waals surface area contributed by atoms with Crippen molar-refractivity contribution >= 4 is 17.7 Å². The van der Waals surface area contributed by atoms with Crippen molar-refractivity contribution in [3.05, 3.63) is 23.8 Å². The number of imide groups is 1. The molecule has 0 radical (unpaired) electrons. The van der Waals surface area contributed by atoms with Crippen LogP contribution in [0.1, 0.15) is 28.9 Å². The molecule has 7 nitrogen and oxygen atoms in total. The minimum absolute atomic E-state index is 0.261. The van der Waals surface area contributed by atoms with Gasteiger partial charge in [-0.2, -0.15) is 0 Å². The maximum absolute atomic E-state index is 12.3. The van der Waals surface area contributed by atoms with Crippen molar-refractivity contribution in [2.24, 2.45) is 0 Å². The Morgan fingerprint density at radius 1 is 1.26 bits per heavy atom. The van der Waals surface area contributed by atoms with E-state index in [-0.39, 0.29) is 18.2 Å². The Hall–Kier alpha value is -2.31. The zero-order chi connectivity index (χ0) is 13.4. The summed E-state index contributed by atoms with van der Waals surface area (Å²) >= 11 is 0. The topological polar surface area (TPSA) is 92.3 Å². The third-order valence-electron chi connectivity index (χ3n) is 3.46. The highest BCUT2D eigenvalue weighted by Gasteiger charge is 2.37. The summed E-state index contributed by atoms with van der Waals surface area (Å²) in [6.45, 7) is 0.450. The number of hydrogen-bond donors (Lipinski definition) is 1. The molecule has 3 amide bonds. The van der Waals surface area contributed by atoms with Crippen LogP contribution in [0.3, 0.4) is 0 Å². The van der Waals surface area contributed by atoms with Gasteiger partial charge in [0, 0.05) is 24.7 Å². The second kappa shape index (κ2) is 4.42. The van der Waals surface area contributed by atoms with E-state index in [1.807, 2.05) is 0 Å². The number of carbonyl (C=O) groups is 3. The van der Waals surface area contributed by atoms with Gasteiger partial charge in [0.15, 0.2) is 0 Å². The van der Waals surface area contributed by atoms with Crippen LogP contribution in [0.4, 0.5) is 0 Å². The normalized spacial score (nSPS) is 23.1. The highest BCUT2D eigenvalue weighted by Crippen LogP contribution is 2.21. The minimum Gasteiger partial charge on any atom is -0.325 e. The molecule has 1 fully saturated rings. The van der Waals surface area contributed by atoms with Gasteiger partial charge >= 0.3 is 0 Å². The van der Waals surface area contributed by atoms with Crippen molar-refractivity contribution in [1.82, 2.24) is 20.2 Å². The first-order valence-electron chi connectivity index (χ1n) is 6.10. The molecule has 1 aromatic rings. The molecule has 3 heterocycles. The summed E-state index contributed by atoms with van der Waals surface area (Å²) in [5, 5.41) is 2.27. The van der Waals surface area contributed by atoms with Gasteiger partial charge in [0.2, 0.25) is 11.8 Å². The highest BCUT2D eigenvalue weighted by molar-refractivity contribution is 6.04. The Kier molecular flexibility index (Phi) is 2.73. The Morgan fingerprint density at radius 2 is 2.11 bits per heavy atom. The van der Waals surface area contributed by atoms with Crippen LogP contribution in [0.2, 0.25) is 0 Å². The number of fused-ring (bicyclic) bond motifs is 1. The smallest absolute Gasteiger partial charge is 0.273 e. The van der Waals surface area contributed by atoms with Gasteiger partial charge in [0.1, 0.15) is 18.1 Å². The van der Waals surface area contributed by atoms with Crippen LogP contribution in [0, 0.1) is 0 Å². The average Bonchev–Trinajstić information content (AvgIpc) is 2.41. The predicted molar refractivity (Wildman–Crippen MR) is 62.9 cm³/mol. The fourth-order valence-electron chi connectivity index (χ4n) is 2.49. The molecule has 0 saturated carbocycles. The Bertz CT molecular complexity index is 572. The van der Waals surface area contributed by atoms with E-state index in [2.05, 4.69) is 15.3 Å². The summed E-state index contributed by atoms with van der Waals surface area (Å²) in [5.41, 5.74) is 1.15. The number of hydrogen-bond acceptors (Lipinski definition) is 5. The van der Waals surface area contributed by atoms with Crippen LogP contribution in [-0.2, 0) is 16.0 Å². The van der Waals surface area contributed by atoms with E-state index in [1.165, 1.54) is 11.2 Å². The monoisotopic (exact) mass is 260 g/mol. The zero-order valence-electron chi connectivity index (χ0n) is 10.1. The molecule has 2 aliphatic heterocycles. The van der Waals surface area contributed by atoms with Crippen molar-refractivity contribution in [1.29, 1.82) is 0 Å². The van der Waals surface area contributed by atoms with Crippen LogP contribution < -0.4 is 5.32 Å². The first-order valence-corrected chi connectivity index (χ1v) is 6.10. The lowest BCUT2D eigenvalue weighted by Crippen LogP contribution is -2.56. The van der Waals surface area contributed by atoms with Crippen molar-refractivity contribution in [2.45, 2.75) is 25.3 Å². The van der Waals surface area contributed by atoms with E-state index in [1.54, 1.807) is 6.20 Å². The number of carbonyl (C=O) groups excluding carboxylic acids is 3. The molecule has 2 aliphatic rings. The summed E-state index contributed by atoms with van der Waals surface area (Å²) in [6, 6.07) is -0.576. The number of piperidine rings is 1. The summed E-state index contributed by atoms with van der Waals surface area (Å²) in [4.78, 5) is 44.6. The fraction of sp³-hybridized carbons (Fsp3) is 0.417. The first-order chi connectivity index (χ1) is 9.16. The number of aromatic nitrogens is 2. The van der Waals surface area contributed by atoms with Crippen molar-refractivity contribution in [2.75, 3.05) is 6.54 Å². The van der Waals surface area contributed by atoms with E-state index >= 15 is 0 Å². The van der Waals surface area contributed by atoms with Crippen LogP contribution in [0.5, 0.6) is 0 Å². The van der Waals surface area contributed by atoms with Gasteiger partial charge in [-0.25, -0.2) is 9.97 Å². The summed E-state index contributed by atoms with van der Waals surface area (Å²) in [5.74, 6) is -0.950. The second-order valence-electron chi connectivity index (χ2n) is 4.61. The molecule has 1 unspecified atom stereocenters. The van der Waals surface area contributed by atoms with Crippen LogP contribution >= 0.6 is 0 Å². The molecular weight excluding hydrogens is 248 g/mol. The number of nitrogens with one attached hydrogen (secondary N) is 1. The fourth-order valence-corrected chi connectivity index (χ4v) is 2.49. The summed E-state index contributed by atoms with van der Waals surface area (Å²) in [6.07, 6.45) is 4.21. The SMILES string of the molecule is O=C1CCC(N2CCc3cncnc3C2=O)C(=O)N1. The molecule has 1 aromatic heterocycles. The van der Waals surface area contributed by atoms with E-state index in [0.29, 0.717) is 25.1 Å². The Labute approximate surface area is 109 Å². The highest BCUT2D eigenvalue weighted by atomic mass is 16.2. The van der Waals surface area contributed by atoms with Crippen LogP contribution in [0.15, 0.2) is 12.5 Å². The number of amides is 3. The van der Waals surface area contributed by atoms with Gasteiger partial charge in [-0.05, 0) is 12.8 Å². The molecule has 0 aliphatic carbocycles. The molecule has 0 bridgehead atoms. The molecular formula is C12H12N4O3. The Balaban J connectivity index is 1.86. The van der Waals surface area contributed by atoms with E-state index in [0.717, 1.165) is 5.56 Å². The zero-order valence-corrected chi connectivity index (χ0v) is 10.1. The Morgan fingerprint density at radius 3 is 2.89 bits per heavy atom.